The molecule has 3 nitrogen and oxygen atoms in total. The quantitative estimate of drug-likeness (QED) is 0.293. The molecule has 3 heterocycles. The average Bonchev–Trinajstić information content (AvgIpc) is 3.51. The van der Waals surface area contributed by atoms with Crippen molar-refractivity contribution >= 4 is 50.3 Å². The normalized spacial score (nSPS) is 18.7. The van der Waals surface area contributed by atoms with Crippen molar-refractivity contribution in [3.8, 4) is 0 Å². The molecule has 1 N–H and O–H groups in total. The predicted molar refractivity (Wildman–Crippen MR) is 135 cm³/mol. The van der Waals surface area contributed by atoms with E-state index < -0.39 is 0 Å². The minimum absolute atomic E-state index is 0.239. The number of aromatic amines is 1. The Hall–Kier alpha value is -4.24. The van der Waals surface area contributed by atoms with Crippen molar-refractivity contribution in [1.29, 1.82) is 0 Å². The van der Waals surface area contributed by atoms with Crippen LogP contribution in [0.1, 0.15) is 22.7 Å². The van der Waals surface area contributed by atoms with Gasteiger partial charge in [-0.3, -0.25) is 0 Å². The van der Waals surface area contributed by atoms with Crippen molar-refractivity contribution in [2.45, 2.75) is 12.0 Å². The van der Waals surface area contributed by atoms with E-state index in [9.17, 15) is 0 Å². The zero-order valence-corrected chi connectivity index (χ0v) is 17.8. The van der Waals surface area contributed by atoms with Crippen LogP contribution in [0.4, 0.5) is 11.4 Å². The second kappa shape index (κ2) is 6.17. The fourth-order valence-corrected chi connectivity index (χ4v) is 6.00. The van der Waals surface area contributed by atoms with Crippen molar-refractivity contribution < 1.29 is 4.42 Å². The van der Waals surface area contributed by atoms with Gasteiger partial charge >= 0.3 is 0 Å². The summed E-state index contributed by atoms with van der Waals surface area (Å²) in [7, 11) is 0. The minimum atomic E-state index is 0.239. The number of hydrogen-bond donors (Lipinski definition) is 1. The van der Waals surface area contributed by atoms with Gasteiger partial charge in [-0.15, -0.1) is 0 Å². The Morgan fingerprint density at radius 3 is 2.48 bits per heavy atom. The first kappa shape index (κ1) is 17.3. The maximum Gasteiger partial charge on any atom is 0.136 e. The third-order valence-electron chi connectivity index (χ3n) is 7.34. The van der Waals surface area contributed by atoms with Crippen molar-refractivity contribution in [1.82, 2.24) is 4.98 Å². The van der Waals surface area contributed by atoms with E-state index >= 15 is 0 Å². The summed E-state index contributed by atoms with van der Waals surface area (Å²) in [5, 5.41) is 3.58. The third-order valence-corrected chi connectivity index (χ3v) is 7.34. The molecule has 0 bridgehead atoms. The van der Waals surface area contributed by atoms with E-state index in [0.717, 1.165) is 21.9 Å². The Morgan fingerprint density at radius 1 is 0.727 bits per heavy atom. The SMILES string of the molecule is C1=CC2C(c3ccccc3N2c2ccccc2)c2c1[nH]c1cc3c(cc21)oc1ccccc13. The molecule has 3 heteroatoms. The molecule has 0 amide bonds. The molecule has 0 radical (unpaired) electrons. The molecule has 156 valence electrons. The third kappa shape index (κ3) is 2.24. The molecule has 1 aliphatic heterocycles. The van der Waals surface area contributed by atoms with Gasteiger partial charge in [-0.25, -0.2) is 0 Å². The van der Waals surface area contributed by atoms with Gasteiger partial charge in [-0.2, -0.15) is 0 Å². The second-order valence-corrected chi connectivity index (χ2v) is 9.04. The smallest absolute Gasteiger partial charge is 0.136 e. The first-order valence-electron chi connectivity index (χ1n) is 11.4. The van der Waals surface area contributed by atoms with Gasteiger partial charge in [-0.05, 0) is 53.6 Å². The number of anilines is 2. The number of hydrogen-bond acceptors (Lipinski definition) is 2. The molecule has 33 heavy (non-hydrogen) atoms. The van der Waals surface area contributed by atoms with E-state index in [0.29, 0.717) is 0 Å². The van der Waals surface area contributed by atoms with Crippen LogP contribution in [0.25, 0.3) is 38.9 Å². The van der Waals surface area contributed by atoms with Crippen molar-refractivity contribution in [2.24, 2.45) is 0 Å². The van der Waals surface area contributed by atoms with E-state index in [1.54, 1.807) is 0 Å². The van der Waals surface area contributed by atoms with Crippen LogP contribution in [0.15, 0.2) is 101 Å². The molecular formula is C30H20N2O. The van der Waals surface area contributed by atoms with E-state index in [-0.39, 0.29) is 12.0 Å². The van der Waals surface area contributed by atoms with Crippen LogP contribution in [-0.2, 0) is 0 Å². The molecule has 2 aliphatic rings. The molecule has 2 aromatic heterocycles. The van der Waals surface area contributed by atoms with Gasteiger partial charge in [0.15, 0.2) is 0 Å². The highest BCUT2D eigenvalue weighted by molar-refractivity contribution is 6.10. The van der Waals surface area contributed by atoms with Gasteiger partial charge in [0.25, 0.3) is 0 Å². The highest BCUT2D eigenvalue weighted by atomic mass is 16.3. The molecule has 2 atom stereocenters. The number of fused-ring (bicyclic) bond motifs is 10. The number of rotatable bonds is 1. The van der Waals surface area contributed by atoms with Gasteiger partial charge < -0.3 is 14.3 Å². The number of benzene rings is 4. The summed E-state index contributed by atoms with van der Waals surface area (Å²) >= 11 is 0. The summed E-state index contributed by atoms with van der Waals surface area (Å²) in [5.74, 6) is 0.261. The predicted octanol–water partition coefficient (Wildman–Crippen LogP) is 7.75. The Labute approximate surface area is 190 Å². The van der Waals surface area contributed by atoms with Crippen LogP contribution in [0.5, 0.6) is 0 Å². The van der Waals surface area contributed by atoms with Gasteiger partial charge in [-0.1, -0.05) is 60.7 Å². The summed E-state index contributed by atoms with van der Waals surface area (Å²) in [4.78, 5) is 6.20. The molecule has 0 saturated carbocycles. The lowest BCUT2D eigenvalue weighted by atomic mass is 9.82. The standard InChI is InChI=1S/C30H20N2O/c1-2-8-18(9-3-1)32-25-12-6-4-11-20(25)30-26(32)15-14-23-29(30)22-17-28-21(16-24(22)31-23)19-10-5-7-13-27(19)33-28/h1-17,26,30-31H. The molecule has 0 spiro atoms. The molecule has 4 aromatic carbocycles. The first-order valence-corrected chi connectivity index (χ1v) is 11.4. The van der Waals surface area contributed by atoms with E-state index in [4.69, 9.17) is 4.42 Å². The summed E-state index contributed by atoms with van der Waals surface area (Å²) in [6, 6.07) is 32.6. The molecule has 0 fully saturated rings. The Bertz CT molecular complexity index is 1740. The minimum Gasteiger partial charge on any atom is -0.456 e. The highest BCUT2D eigenvalue weighted by Crippen LogP contribution is 2.53. The molecule has 2 unspecified atom stereocenters. The van der Waals surface area contributed by atoms with Crippen LogP contribution >= 0.6 is 0 Å². The zero-order chi connectivity index (χ0) is 21.5. The fraction of sp³-hybridized carbons (Fsp3) is 0.0667. The first-order chi connectivity index (χ1) is 16.4. The lowest BCUT2D eigenvalue weighted by molar-refractivity contribution is 0.669. The van der Waals surface area contributed by atoms with Crippen LogP contribution in [0.3, 0.4) is 0 Å². The average molecular weight is 425 g/mol. The van der Waals surface area contributed by atoms with Gasteiger partial charge in [0, 0.05) is 44.7 Å². The number of furan rings is 1. The maximum atomic E-state index is 6.25. The van der Waals surface area contributed by atoms with Gasteiger partial charge in [0.05, 0.1) is 6.04 Å². The van der Waals surface area contributed by atoms with Gasteiger partial charge in [0.2, 0.25) is 0 Å². The van der Waals surface area contributed by atoms with Crippen molar-refractivity contribution in [2.75, 3.05) is 4.90 Å². The van der Waals surface area contributed by atoms with Crippen LogP contribution < -0.4 is 4.90 Å². The molecule has 1 aliphatic carbocycles. The monoisotopic (exact) mass is 424 g/mol. The molecule has 8 rings (SSSR count). The summed E-state index contributed by atoms with van der Waals surface area (Å²) < 4.78 is 6.25. The number of aromatic nitrogens is 1. The van der Waals surface area contributed by atoms with Crippen LogP contribution in [-0.4, -0.2) is 11.0 Å². The zero-order valence-electron chi connectivity index (χ0n) is 17.8. The molecule has 0 saturated heterocycles. The van der Waals surface area contributed by atoms with Crippen molar-refractivity contribution in [3.63, 3.8) is 0 Å². The molecular weight excluding hydrogens is 404 g/mol. The number of nitrogens with one attached hydrogen (secondary N) is 1. The number of H-pyrrole nitrogens is 1. The van der Waals surface area contributed by atoms with E-state index in [1.807, 2.05) is 12.1 Å². The lowest BCUT2D eigenvalue weighted by Crippen LogP contribution is -2.30. The number of para-hydroxylation sites is 3. The fourth-order valence-electron chi connectivity index (χ4n) is 6.00. The Balaban J connectivity index is 1.40. The van der Waals surface area contributed by atoms with Crippen molar-refractivity contribution in [3.05, 3.63) is 114 Å². The van der Waals surface area contributed by atoms with Crippen LogP contribution in [0.2, 0.25) is 0 Å². The highest BCUT2D eigenvalue weighted by Gasteiger charge is 2.42. The Morgan fingerprint density at radius 2 is 1.55 bits per heavy atom. The maximum absolute atomic E-state index is 6.25. The van der Waals surface area contributed by atoms with E-state index in [2.05, 4.69) is 101 Å². The lowest BCUT2D eigenvalue weighted by Gasteiger charge is -2.30. The summed E-state index contributed by atoms with van der Waals surface area (Å²) in [5.41, 5.74) is 9.51. The summed E-state index contributed by atoms with van der Waals surface area (Å²) in [6.45, 7) is 0. The summed E-state index contributed by atoms with van der Waals surface area (Å²) in [6.07, 6.45) is 4.62. The Kier molecular flexibility index (Phi) is 3.24. The largest absolute Gasteiger partial charge is 0.456 e. The topological polar surface area (TPSA) is 32.2 Å². The number of nitrogens with zero attached hydrogens (tertiary/aromatic N) is 1. The van der Waals surface area contributed by atoms with Gasteiger partial charge in [0.1, 0.15) is 11.2 Å². The molecule has 6 aromatic rings. The second-order valence-electron chi connectivity index (χ2n) is 9.04. The van der Waals surface area contributed by atoms with Crippen LogP contribution in [0, 0.1) is 0 Å². The van der Waals surface area contributed by atoms with E-state index in [1.165, 1.54) is 39.1 Å².